The summed E-state index contributed by atoms with van der Waals surface area (Å²) >= 11 is 0. The lowest BCUT2D eigenvalue weighted by atomic mass is 10.0. The molecule has 0 aliphatic heterocycles. The first-order valence-electron chi connectivity index (χ1n) is 38.6. The highest BCUT2D eigenvalue weighted by Gasteiger charge is 2.20. The molecule has 84 heavy (non-hydrogen) atoms. The molecule has 0 aromatic rings. The number of allylic oxidation sites excluding steroid dienone is 4. The van der Waals surface area contributed by atoms with Gasteiger partial charge in [-0.3, -0.25) is 9.59 Å². The third-order valence-electron chi connectivity index (χ3n) is 18.3. The lowest BCUT2D eigenvalue weighted by Crippen LogP contribution is -2.45. The maximum Gasteiger partial charge on any atom is 0.305 e. The Bertz CT molecular complexity index is 1320. The third kappa shape index (κ3) is 69.4. The molecule has 6 nitrogen and oxygen atoms in total. The van der Waals surface area contributed by atoms with Crippen molar-refractivity contribution >= 4 is 11.9 Å². The molecular formula is C78H151NO5. The van der Waals surface area contributed by atoms with Crippen LogP contribution in [-0.4, -0.2) is 47.4 Å². The first kappa shape index (κ1) is 82.3. The number of aliphatic hydroxyl groups excluding tert-OH is 2. The van der Waals surface area contributed by atoms with Gasteiger partial charge >= 0.3 is 5.97 Å². The van der Waals surface area contributed by atoms with Crippen LogP contribution in [0.15, 0.2) is 24.3 Å². The highest BCUT2D eigenvalue weighted by molar-refractivity contribution is 5.76. The van der Waals surface area contributed by atoms with Gasteiger partial charge in [-0.05, 0) is 57.8 Å². The van der Waals surface area contributed by atoms with Gasteiger partial charge in [0.15, 0.2) is 0 Å². The van der Waals surface area contributed by atoms with Gasteiger partial charge in [-0.15, -0.1) is 0 Å². The standard InChI is InChI=1S/C78H151NO5/c1-3-5-7-9-11-13-15-17-43-47-50-54-58-62-66-70-76(81)75(74-80)79-77(82)71-67-63-59-55-51-48-44-41-39-37-35-33-31-29-27-25-23-21-19-18-20-22-24-26-28-30-32-34-36-38-40-42-45-49-53-57-61-65-69-73-84-78(83)72-68-64-60-56-52-46-16-14-12-10-8-6-4-2/h18-19,22,24,75-76,80-81H,3-17,20-21,23,25-74H2,1-2H3,(H,79,82)/b19-18-,24-22-. The van der Waals surface area contributed by atoms with Gasteiger partial charge in [0.1, 0.15) is 0 Å². The number of carbonyl (C=O) groups is 2. The number of esters is 1. The van der Waals surface area contributed by atoms with E-state index in [9.17, 15) is 19.8 Å². The zero-order chi connectivity index (χ0) is 60.6. The number of rotatable bonds is 73. The molecule has 6 heteroatoms. The fourth-order valence-corrected chi connectivity index (χ4v) is 12.4. The summed E-state index contributed by atoms with van der Waals surface area (Å²) in [4.78, 5) is 24.6. The van der Waals surface area contributed by atoms with Crippen molar-refractivity contribution < 1.29 is 24.5 Å². The number of aliphatic hydroxyl groups is 2. The highest BCUT2D eigenvalue weighted by Crippen LogP contribution is 2.20. The quantitative estimate of drug-likeness (QED) is 0.0320. The molecule has 0 heterocycles. The van der Waals surface area contributed by atoms with E-state index in [1.165, 1.54) is 360 Å². The SMILES string of the molecule is CCCCCCCCCCCCCCCCCC(O)C(CO)NC(=O)CCCCCCCCCCCCCCCCCCC/C=C\C/C=C\CCCCCCCCCCCCCCCCCOC(=O)CCCCCCCCCCCCCCC. The van der Waals surface area contributed by atoms with Crippen molar-refractivity contribution in [3.8, 4) is 0 Å². The topological polar surface area (TPSA) is 95.9 Å². The fraction of sp³-hybridized carbons (Fsp3) is 0.923. The molecular weight excluding hydrogens is 1030 g/mol. The monoisotopic (exact) mass is 1180 g/mol. The predicted molar refractivity (Wildman–Crippen MR) is 370 cm³/mol. The third-order valence-corrected chi connectivity index (χ3v) is 18.3. The van der Waals surface area contributed by atoms with E-state index in [-0.39, 0.29) is 18.5 Å². The van der Waals surface area contributed by atoms with E-state index < -0.39 is 12.1 Å². The van der Waals surface area contributed by atoms with Gasteiger partial charge < -0.3 is 20.3 Å². The molecule has 1 amide bonds. The van der Waals surface area contributed by atoms with Crippen LogP contribution >= 0.6 is 0 Å². The Kier molecular flexibility index (Phi) is 72.3. The molecule has 3 N–H and O–H groups in total. The van der Waals surface area contributed by atoms with Gasteiger partial charge in [-0.1, -0.05) is 391 Å². The summed E-state index contributed by atoms with van der Waals surface area (Å²) in [7, 11) is 0. The Balaban J connectivity index is 3.34. The van der Waals surface area contributed by atoms with E-state index in [1.807, 2.05) is 0 Å². The molecule has 0 saturated carbocycles. The second-order valence-electron chi connectivity index (χ2n) is 26.7. The predicted octanol–water partition coefficient (Wildman–Crippen LogP) is 25.3. The van der Waals surface area contributed by atoms with Crippen molar-refractivity contribution in [2.75, 3.05) is 13.2 Å². The van der Waals surface area contributed by atoms with Crippen LogP contribution in [0.5, 0.6) is 0 Å². The summed E-state index contributed by atoms with van der Waals surface area (Å²) < 4.78 is 5.49. The van der Waals surface area contributed by atoms with Gasteiger partial charge in [0.05, 0.1) is 25.4 Å². The van der Waals surface area contributed by atoms with Crippen LogP contribution in [0.2, 0.25) is 0 Å². The van der Waals surface area contributed by atoms with Crippen LogP contribution in [0, 0.1) is 0 Å². The van der Waals surface area contributed by atoms with Gasteiger partial charge in [0.25, 0.3) is 0 Å². The molecule has 0 saturated heterocycles. The van der Waals surface area contributed by atoms with Crippen LogP contribution in [0.3, 0.4) is 0 Å². The molecule has 0 aromatic carbocycles. The minimum Gasteiger partial charge on any atom is -0.466 e. The normalized spacial score (nSPS) is 12.6. The van der Waals surface area contributed by atoms with Crippen molar-refractivity contribution in [2.24, 2.45) is 0 Å². The first-order valence-corrected chi connectivity index (χ1v) is 38.6. The van der Waals surface area contributed by atoms with Gasteiger partial charge in [0.2, 0.25) is 5.91 Å². The molecule has 498 valence electrons. The Hall–Kier alpha value is -1.66. The molecule has 0 aromatic heterocycles. The maximum atomic E-state index is 12.5. The van der Waals surface area contributed by atoms with Crippen molar-refractivity contribution in [1.82, 2.24) is 5.32 Å². The Morgan fingerprint density at radius 2 is 0.595 bits per heavy atom. The van der Waals surface area contributed by atoms with E-state index in [0.29, 0.717) is 25.9 Å². The van der Waals surface area contributed by atoms with Crippen molar-refractivity contribution in [2.45, 2.75) is 450 Å². The second-order valence-corrected chi connectivity index (χ2v) is 26.7. The maximum absolute atomic E-state index is 12.5. The van der Waals surface area contributed by atoms with Crippen LogP contribution in [0.25, 0.3) is 0 Å². The van der Waals surface area contributed by atoms with Crippen LogP contribution in [-0.2, 0) is 14.3 Å². The average molecular weight is 1180 g/mol. The number of nitrogens with one attached hydrogen (secondary N) is 1. The van der Waals surface area contributed by atoms with Crippen molar-refractivity contribution in [1.29, 1.82) is 0 Å². The molecule has 0 radical (unpaired) electrons. The summed E-state index contributed by atoms with van der Waals surface area (Å²) in [6, 6.07) is -0.539. The average Bonchev–Trinajstić information content (AvgIpc) is 3.51. The number of hydrogen-bond donors (Lipinski definition) is 3. The van der Waals surface area contributed by atoms with Crippen molar-refractivity contribution in [3.05, 3.63) is 24.3 Å². The highest BCUT2D eigenvalue weighted by atomic mass is 16.5. The minimum absolute atomic E-state index is 0.0226. The van der Waals surface area contributed by atoms with E-state index >= 15 is 0 Å². The second kappa shape index (κ2) is 73.8. The smallest absolute Gasteiger partial charge is 0.305 e. The lowest BCUT2D eigenvalue weighted by Gasteiger charge is -2.22. The number of unbranched alkanes of at least 4 members (excludes halogenated alkanes) is 58. The number of ether oxygens (including phenoxy) is 1. The Labute approximate surface area is 526 Å². The summed E-state index contributed by atoms with van der Waals surface area (Å²) in [6.45, 7) is 5.00. The Morgan fingerprint density at radius 1 is 0.333 bits per heavy atom. The molecule has 0 fully saturated rings. The molecule has 0 rings (SSSR count). The summed E-state index contributed by atoms with van der Waals surface area (Å²) in [5.41, 5.74) is 0. The molecule has 0 bridgehead atoms. The number of amides is 1. The number of hydrogen-bond acceptors (Lipinski definition) is 5. The Morgan fingerprint density at radius 3 is 0.905 bits per heavy atom. The zero-order valence-corrected chi connectivity index (χ0v) is 57.2. The van der Waals surface area contributed by atoms with Crippen LogP contribution < -0.4 is 5.32 Å². The van der Waals surface area contributed by atoms with Crippen LogP contribution in [0.1, 0.15) is 438 Å². The van der Waals surface area contributed by atoms with E-state index in [1.54, 1.807) is 0 Å². The van der Waals surface area contributed by atoms with Gasteiger partial charge in [-0.25, -0.2) is 0 Å². The van der Waals surface area contributed by atoms with E-state index in [0.717, 1.165) is 44.9 Å². The fourth-order valence-electron chi connectivity index (χ4n) is 12.4. The minimum atomic E-state index is -0.661. The van der Waals surface area contributed by atoms with Crippen molar-refractivity contribution in [3.63, 3.8) is 0 Å². The molecule has 0 aliphatic rings. The largest absolute Gasteiger partial charge is 0.466 e. The molecule has 0 spiro atoms. The van der Waals surface area contributed by atoms with Gasteiger partial charge in [0, 0.05) is 12.8 Å². The molecule has 0 aliphatic carbocycles. The molecule has 2 unspecified atom stereocenters. The summed E-state index contributed by atoms with van der Waals surface area (Å²) in [5.74, 6) is -0.00586. The number of carbonyl (C=O) groups excluding carboxylic acids is 2. The molecule has 2 atom stereocenters. The van der Waals surface area contributed by atoms with E-state index in [4.69, 9.17) is 4.74 Å². The zero-order valence-electron chi connectivity index (χ0n) is 57.2. The lowest BCUT2D eigenvalue weighted by molar-refractivity contribution is -0.143. The summed E-state index contributed by atoms with van der Waals surface area (Å²) in [6.07, 6.45) is 94.1. The summed E-state index contributed by atoms with van der Waals surface area (Å²) in [5, 5.41) is 23.4. The van der Waals surface area contributed by atoms with Crippen LogP contribution in [0.4, 0.5) is 0 Å². The van der Waals surface area contributed by atoms with Gasteiger partial charge in [-0.2, -0.15) is 0 Å². The first-order chi connectivity index (χ1) is 41.5. The van der Waals surface area contributed by atoms with E-state index in [2.05, 4.69) is 43.5 Å².